The standard InChI is InChI=1S/C15H26O6/c1-10(13(16)17)7-5-4-6-8-12(15(20)21-3)9-11(2)14(18)19/h10-12H,4-9H2,1-3H3,(H,16,17)(H,18,19). The Balaban J connectivity index is 4.11. The molecule has 0 heterocycles. The van der Waals surface area contributed by atoms with E-state index in [0.29, 0.717) is 12.8 Å². The lowest BCUT2D eigenvalue weighted by atomic mass is 9.90. The molecular formula is C15H26O6. The molecule has 0 fully saturated rings. The summed E-state index contributed by atoms with van der Waals surface area (Å²) < 4.78 is 4.71. The molecule has 0 bridgehead atoms. The van der Waals surface area contributed by atoms with Crippen LogP contribution in [0.4, 0.5) is 0 Å². The summed E-state index contributed by atoms with van der Waals surface area (Å²) in [6, 6.07) is 0. The number of unbranched alkanes of at least 4 members (excludes halogenated alkanes) is 2. The van der Waals surface area contributed by atoms with Crippen LogP contribution in [0, 0.1) is 17.8 Å². The van der Waals surface area contributed by atoms with Gasteiger partial charge in [0.05, 0.1) is 24.9 Å². The summed E-state index contributed by atoms with van der Waals surface area (Å²) in [4.78, 5) is 33.2. The number of methoxy groups -OCH3 is 1. The van der Waals surface area contributed by atoms with E-state index in [-0.39, 0.29) is 18.3 Å². The Labute approximate surface area is 125 Å². The van der Waals surface area contributed by atoms with E-state index in [1.807, 2.05) is 0 Å². The Morgan fingerprint density at radius 1 is 0.905 bits per heavy atom. The second-order valence-electron chi connectivity index (χ2n) is 5.57. The summed E-state index contributed by atoms with van der Waals surface area (Å²) in [6.45, 7) is 3.25. The van der Waals surface area contributed by atoms with Crippen molar-refractivity contribution in [3.8, 4) is 0 Å². The number of carbonyl (C=O) groups excluding carboxylic acids is 1. The summed E-state index contributed by atoms with van der Waals surface area (Å²) in [5.74, 6) is -3.42. The Kier molecular flexibility index (Phi) is 9.41. The molecule has 0 aromatic heterocycles. The Bertz CT molecular complexity index is 352. The molecule has 0 rings (SSSR count). The highest BCUT2D eigenvalue weighted by molar-refractivity contribution is 5.74. The van der Waals surface area contributed by atoms with Crippen LogP contribution in [0.1, 0.15) is 52.4 Å². The van der Waals surface area contributed by atoms with Gasteiger partial charge in [-0.25, -0.2) is 0 Å². The molecule has 6 heteroatoms. The van der Waals surface area contributed by atoms with Crippen LogP contribution in [0.25, 0.3) is 0 Å². The van der Waals surface area contributed by atoms with E-state index in [9.17, 15) is 14.4 Å². The third-order valence-electron chi connectivity index (χ3n) is 3.71. The van der Waals surface area contributed by atoms with Gasteiger partial charge < -0.3 is 14.9 Å². The van der Waals surface area contributed by atoms with Crippen LogP contribution in [-0.2, 0) is 19.1 Å². The predicted octanol–water partition coefficient (Wildman–Crippen LogP) is 2.56. The Morgan fingerprint density at radius 2 is 1.43 bits per heavy atom. The zero-order chi connectivity index (χ0) is 16.4. The molecule has 21 heavy (non-hydrogen) atoms. The van der Waals surface area contributed by atoms with Crippen LogP contribution in [0.15, 0.2) is 0 Å². The fourth-order valence-corrected chi connectivity index (χ4v) is 2.17. The van der Waals surface area contributed by atoms with E-state index >= 15 is 0 Å². The first-order chi connectivity index (χ1) is 9.79. The van der Waals surface area contributed by atoms with Crippen molar-refractivity contribution in [1.29, 1.82) is 0 Å². The van der Waals surface area contributed by atoms with Gasteiger partial charge in [0, 0.05) is 0 Å². The summed E-state index contributed by atoms with van der Waals surface area (Å²) >= 11 is 0. The number of rotatable bonds is 11. The molecule has 0 saturated carbocycles. The highest BCUT2D eigenvalue weighted by Crippen LogP contribution is 2.21. The first-order valence-corrected chi connectivity index (χ1v) is 7.33. The molecule has 0 aromatic carbocycles. The maximum absolute atomic E-state index is 11.6. The van der Waals surface area contributed by atoms with Crippen LogP contribution in [0.2, 0.25) is 0 Å². The number of carboxylic acid groups (broad SMARTS) is 2. The molecule has 0 aliphatic heterocycles. The van der Waals surface area contributed by atoms with E-state index in [1.165, 1.54) is 7.11 Å². The van der Waals surface area contributed by atoms with E-state index in [1.54, 1.807) is 13.8 Å². The molecule has 0 amide bonds. The van der Waals surface area contributed by atoms with Crippen molar-refractivity contribution in [2.24, 2.45) is 17.8 Å². The van der Waals surface area contributed by atoms with E-state index in [2.05, 4.69) is 0 Å². The molecule has 122 valence electrons. The Morgan fingerprint density at radius 3 is 1.90 bits per heavy atom. The average Bonchev–Trinajstić information content (AvgIpc) is 2.43. The van der Waals surface area contributed by atoms with E-state index in [4.69, 9.17) is 14.9 Å². The van der Waals surface area contributed by atoms with Gasteiger partial charge in [-0.15, -0.1) is 0 Å². The van der Waals surface area contributed by atoms with Crippen molar-refractivity contribution in [3.63, 3.8) is 0 Å². The van der Waals surface area contributed by atoms with Gasteiger partial charge in [0.2, 0.25) is 0 Å². The quantitative estimate of drug-likeness (QED) is 0.449. The molecule has 0 spiro atoms. The molecule has 0 aromatic rings. The fourth-order valence-electron chi connectivity index (χ4n) is 2.17. The molecule has 3 atom stereocenters. The fraction of sp³-hybridized carbons (Fsp3) is 0.800. The van der Waals surface area contributed by atoms with Gasteiger partial charge in [0.25, 0.3) is 0 Å². The number of carboxylic acids is 2. The SMILES string of the molecule is COC(=O)C(CCCCCC(C)C(=O)O)CC(C)C(=O)O. The van der Waals surface area contributed by atoms with Crippen LogP contribution in [0.5, 0.6) is 0 Å². The minimum absolute atomic E-state index is 0.271. The third-order valence-corrected chi connectivity index (χ3v) is 3.71. The molecule has 0 aliphatic rings. The van der Waals surface area contributed by atoms with Crippen molar-refractivity contribution in [2.45, 2.75) is 52.4 Å². The molecule has 0 aliphatic carbocycles. The van der Waals surface area contributed by atoms with Gasteiger partial charge in [0.1, 0.15) is 0 Å². The third kappa shape index (κ3) is 8.32. The summed E-state index contributed by atoms with van der Waals surface area (Å²) in [7, 11) is 1.30. The van der Waals surface area contributed by atoms with E-state index < -0.39 is 23.8 Å². The van der Waals surface area contributed by atoms with Crippen molar-refractivity contribution < 1.29 is 29.3 Å². The number of aliphatic carboxylic acids is 2. The monoisotopic (exact) mass is 302 g/mol. The molecule has 0 radical (unpaired) electrons. The number of hydrogen-bond acceptors (Lipinski definition) is 4. The number of hydrogen-bond donors (Lipinski definition) is 2. The number of carbonyl (C=O) groups is 3. The second kappa shape index (κ2) is 10.2. The zero-order valence-corrected chi connectivity index (χ0v) is 13.0. The van der Waals surface area contributed by atoms with Crippen LogP contribution < -0.4 is 0 Å². The predicted molar refractivity (Wildman–Crippen MR) is 76.8 cm³/mol. The summed E-state index contributed by atoms with van der Waals surface area (Å²) in [6.07, 6.45) is 3.84. The lowest BCUT2D eigenvalue weighted by Gasteiger charge is -2.16. The first kappa shape index (κ1) is 19.4. The maximum atomic E-state index is 11.6. The maximum Gasteiger partial charge on any atom is 0.308 e. The van der Waals surface area contributed by atoms with E-state index in [0.717, 1.165) is 19.3 Å². The molecule has 3 unspecified atom stereocenters. The van der Waals surface area contributed by atoms with Gasteiger partial charge in [-0.2, -0.15) is 0 Å². The zero-order valence-electron chi connectivity index (χ0n) is 13.0. The first-order valence-electron chi connectivity index (χ1n) is 7.33. The summed E-state index contributed by atoms with van der Waals surface area (Å²) in [5, 5.41) is 17.7. The van der Waals surface area contributed by atoms with Gasteiger partial charge in [-0.05, 0) is 19.3 Å². The second-order valence-corrected chi connectivity index (χ2v) is 5.57. The summed E-state index contributed by atoms with van der Waals surface area (Å²) in [5.41, 5.74) is 0. The van der Waals surface area contributed by atoms with Crippen molar-refractivity contribution in [2.75, 3.05) is 7.11 Å². The van der Waals surface area contributed by atoms with Gasteiger partial charge >= 0.3 is 17.9 Å². The van der Waals surface area contributed by atoms with Crippen LogP contribution in [-0.4, -0.2) is 35.2 Å². The Hall–Kier alpha value is -1.59. The van der Waals surface area contributed by atoms with Gasteiger partial charge in [-0.1, -0.05) is 33.1 Å². The molecule has 2 N–H and O–H groups in total. The van der Waals surface area contributed by atoms with Crippen molar-refractivity contribution >= 4 is 17.9 Å². The topological polar surface area (TPSA) is 101 Å². The van der Waals surface area contributed by atoms with Crippen molar-refractivity contribution in [1.82, 2.24) is 0 Å². The molecule has 6 nitrogen and oxygen atoms in total. The van der Waals surface area contributed by atoms with Crippen LogP contribution >= 0.6 is 0 Å². The van der Waals surface area contributed by atoms with Gasteiger partial charge in [-0.3, -0.25) is 14.4 Å². The van der Waals surface area contributed by atoms with Crippen molar-refractivity contribution in [3.05, 3.63) is 0 Å². The average molecular weight is 302 g/mol. The molecule has 0 saturated heterocycles. The number of ether oxygens (including phenoxy) is 1. The minimum atomic E-state index is -0.917. The lowest BCUT2D eigenvalue weighted by molar-refractivity contribution is -0.148. The largest absolute Gasteiger partial charge is 0.481 e. The highest BCUT2D eigenvalue weighted by atomic mass is 16.5. The highest BCUT2D eigenvalue weighted by Gasteiger charge is 2.24. The molecular weight excluding hydrogens is 276 g/mol. The lowest BCUT2D eigenvalue weighted by Crippen LogP contribution is -2.22. The minimum Gasteiger partial charge on any atom is -0.481 e. The smallest absolute Gasteiger partial charge is 0.308 e. The van der Waals surface area contributed by atoms with Crippen LogP contribution in [0.3, 0.4) is 0 Å². The normalized spacial score (nSPS) is 15.0. The number of esters is 1. The van der Waals surface area contributed by atoms with Gasteiger partial charge in [0.15, 0.2) is 0 Å².